The van der Waals surface area contributed by atoms with Crippen LogP contribution in [-0.2, 0) is 0 Å². The van der Waals surface area contributed by atoms with E-state index in [1.807, 2.05) is 19.1 Å². The number of aryl methyl sites for hydroxylation is 1. The molecular weight excluding hydrogens is 194 g/mol. The number of aliphatic hydroxyl groups excluding tert-OH is 1. The Hall–Kier alpha value is -1.81. The van der Waals surface area contributed by atoms with E-state index in [-0.39, 0.29) is 5.56 Å². The highest BCUT2D eigenvalue weighted by molar-refractivity contribution is 5.79. The van der Waals surface area contributed by atoms with E-state index in [0.717, 1.165) is 15.7 Å². The molecule has 4 nitrogen and oxygen atoms in total. The largest absolute Gasteiger partial charge is 0.382 e. The topological polar surface area (TPSA) is 51.5 Å². The first-order valence-corrected chi connectivity index (χ1v) is 4.59. The van der Waals surface area contributed by atoms with E-state index in [4.69, 9.17) is 9.94 Å². The Morgan fingerprint density at radius 1 is 1.33 bits per heavy atom. The molecule has 0 amide bonds. The Morgan fingerprint density at radius 2 is 2.13 bits per heavy atom. The summed E-state index contributed by atoms with van der Waals surface area (Å²) in [5.41, 5.74) is 1.47. The summed E-state index contributed by atoms with van der Waals surface area (Å²) in [6, 6.07) is 8.78. The molecule has 0 aliphatic rings. The van der Waals surface area contributed by atoms with Crippen molar-refractivity contribution < 1.29 is 9.94 Å². The summed E-state index contributed by atoms with van der Waals surface area (Å²) in [5.74, 6) is 0. The molecule has 0 aliphatic carbocycles. The van der Waals surface area contributed by atoms with Crippen LogP contribution in [0.2, 0.25) is 0 Å². The number of aromatic nitrogens is 1. The zero-order chi connectivity index (χ0) is 10.8. The van der Waals surface area contributed by atoms with Gasteiger partial charge in [0.25, 0.3) is 5.56 Å². The van der Waals surface area contributed by atoms with Crippen molar-refractivity contribution in [2.75, 3.05) is 6.79 Å². The first-order chi connectivity index (χ1) is 7.22. The second kappa shape index (κ2) is 3.74. The molecule has 0 saturated carbocycles. The van der Waals surface area contributed by atoms with Crippen molar-refractivity contribution in [3.8, 4) is 0 Å². The van der Waals surface area contributed by atoms with Crippen LogP contribution in [0.25, 0.3) is 10.9 Å². The molecule has 0 aliphatic heterocycles. The van der Waals surface area contributed by atoms with E-state index < -0.39 is 6.79 Å². The quantitative estimate of drug-likeness (QED) is 0.734. The highest BCUT2D eigenvalue weighted by Gasteiger charge is 2.02. The smallest absolute Gasteiger partial charge is 0.283 e. The number of hydrogen-bond donors (Lipinski definition) is 1. The lowest BCUT2D eigenvalue weighted by Crippen LogP contribution is -2.26. The molecule has 0 atom stereocenters. The second-order valence-corrected chi connectivity index (χ2v) is 3.29. The van der Waals surface area contributed by atoms with E-state index in [9.17, 15) is 4.79 Å². The summed E-state index contributed by atoms with van der Waals surface area (Å²) in [5, 5.41) is 9.58. The number of fused-ring (bicyclic) bond motifs is 1. The Balaban J connectivity index is 2.76. The molecule has 4 heteroatoms. The fraction of sp³-hybridized carbons (Fsp3) is 0.182. The van der Waals surface area contributed by atoms with Gasteiger partial charge >= 0.3 is 0 Å². The van der Waals surface area contributed by atoms with Gasteiger partial charge in [-0.2, -0.15) is 0 Å². The summed E-state index contributed by atoms with van der Waals surface area (Å²) in [6.07, 6.45) is 0. The van der Waals surface area contributed by atoms with Crippen LogP contribution in [0.1, 0.15) is 5.56 Å². The third kappa shape index (κ3) is 1.71. The van der Waals surface area contributed by atoms with Crippen molar-refractivity contribution in [1.82, 2.24) is 4.73 Å². The fourth-order valence-corrected chi connectivity index (χ4v) is 1.53. The summed E-state index contributed by atoms with van der Waals surface area (Å²) >= 11 is 0. The standard InChI is InChI=1S/C11H11NO3/c1-8-2-4-10-9(6-8)3-5-11(14)12(10)15-7-13/h2-6,13H,7H2,1H3. The molecule has 0 fully saturated rings. The lowest BCUT2D eigenvalue weighted by Gasteiger charge is -2.09. The molecule has 0 radical (unpaired) electrons. The molecule has 1 aromatic heterocycles. The molecule has 1 N–H and O–H groups in total. The molecule has 1 heterocycles. The minimum atomic E-state index is -0.521. The van der Waals surface area contributed by atoms with Crippen molar-refractivity contribution in [1.29, 1.82) is 0 Å². The lowest BCUT2D eigenvalue weighted by atomic mass is 10.1. The molecule has 0 bridgehead atoms. The fourth-order valence-electron chi connectivity index (χ4n) is 1.53. The molecule has 0 unspecified atom stereocenters. The van der Waals surface area contributed by atoms with Gasteiger partial charge in [0.05, 0.1) is 5.52 Å². The van der Waals surface area contributed by atoms with Gasteiger partial charge in [0.15, 0.2) is 0 Å². The Kier molecular flexibility index (Phi) is 2.43. The predicted octanol–water partition coefficient (Wildman–Crippen LogP) is 0.688. The van der Waals surface area contributed by atoms with Crippen molar-refractivity contribution >= 4 is 10.9 Å². The van der Waals surface area contributed by atoms with Crippen LogP contribution >= 0.6 is 0 Å². The predicted molar refractivity (Wildman–Crippen MR) is 56.6 cm³/mol. The van der Waals surface area contributed by atoms with Gasteiger partial charge in [0, 0.05) is 11.5 Å². The number of benzene rings is 1. The van der Waals surface area contributed by atoms with Crippen LogP contribution in [0.15, 0.2) is 35.1 Å². The van der Waals surface area contributed by atoms with Crippen LogP contribution in [0.5, 0.6) is 0 Å². The van der Waals surface area contributed by atoms with Crippen LogP contribution in [0.4, 0.5) is 0 Å². The molecule has 0 saturated heterocycles. The zero-order valence-corrected chi connectivity index (χ0v) is 8.30. The summed E-state index contributed by atoms with van der Waals surface area (Å²) < 4.78 is 1.09. The van der Waals surface area contributed by atoms with Gasteiger partial charge in [-0.25, -0.2) is 0 Å². The van der Waals surface area contributed by atoms with Gasteiger partial charge in [0.2, 0.25) is 6.79 Å². The minimum Gasteiger partial charge on any atom is -0.382 e. The molecule has 2 rings (SSSR count). The van der Waals surface area contributed by atoms with Gasteiger partial charge < -0.3 is 9.94 Å². The van der Waals surface area contributed by atoms with Crippen LogP contribution in [0.3, 0.4) is 0 Å². The van der Waals surface area contributed by atoms with E-state index in [0.29, 0.717) is 5.52 Å². The van der Waals surface area contributed by atoms with Gasteiger partial charge in [-0.1, -0.05) is 11.6 Å². The Labute approximate surface area is 86.3 Å². The normalized spacial score (nSPS) is 10.5. The van der Waals surface area contributed by atoms with Gasteiger partial charge in [0.1, 0.15) is 0 Å². The SMILES string of the molecule is Cc1ccc2c(ccc(=O)n2OCO)c1. The van der Waals surface area contributed by atoms with Crippen molar-refractivity contribution in [2.24, 2.45) is 0 Å². The molecule has 0 spiro atoms. The third-order valence-corrected chi connectivity index (χ3v) is 2.19. The first kappa shape index (κ1) is 9.73. The van der Waals surface area contributed by atoms with E-state index >= 15 is 0 Å². The monoisotopic (exact) mass is 205 g/mol. The zero-order valence-electron chi connectivity index (χ0n) is 8.30. The molecule has 1 aromatic carbocycles. The lowest BCUT2D eigenvalue weighted by molar-refractivity contribution is -0.0101. The van der Waals surface area contributed by atoms with Crippen LogP contribution in [0, 0.1) is 6.92 Å². The van der Waals surface area contributed by atoms with Crippen molar-refractivity contribution in [2.45, 2.75) is 6.92 Å². The second-order valence-electron chi connectivity index (χ2n) is 3.29. The highest BCUT2D eigenvalue weighted by Crippen LogP contribution is 2.12. The number of nitrogens with zero attached hydrogens (tertiary/aromatic N) is 1. The van der Waals surface area contributed by atoms with E-state index in [2.05, 4.69) is 0 Å². The maximum atomic E-state index is 11.4. The van der Waals surface area contributed by atoms with E-state index in [1.54, 1.807) is 12.1 Å². The first-order valence-electron chi connectivity index (χ1n) is 4.59. The summed E-state index contributed by atoms with van der Waals surface area (Å²) in [7, 11) is 0. The van der Waals surface area contributed by atoms with Crippen LogP contribution < -0.4 is 10.4 Å². The average molecular weight is 205 g/mol. The maximum absolute atomic E-state index is 11.4. The third-order valence-electron chi connectivity index (χ3n) is 2.19. The molecule has 15 heavy (non-hydrogen) atoms. The molecule has 78 valence electrons. The Bertz CT molecular complexity index is 545. The number of aliphatic hydroxyl groups is 1. The van der Waals surface area contributed by atoms with E-state index in [1.165, 1.54) is 6.07 Å². The van der Waals surface area contributed by atoms with Crippen LogP contribution in [-0.4, -0.2) is 16.6 Å². The number of rotatable bonds is 2. The minimum absolute atomic E-state index is 0.291. The molecular formula is C11H11NO3. The van der Waals surface area contributed by atoms with Gasteiger partial charge in [-0.15, -0.1) is 4.73 Å². The summed E-state index contributed by atoms with van der Waals surface area (Å²) in [6.45, 7) is 1.45. The highest BCUT2D eigenvalue weighted by atomic mass is 16.7. The number of pyridine rings is 1. The van der Waals surface area contributed by atoms with Gasteiger partial charge in [-0.3, -0.25) is 4.79 Å². The molecule has 2 aromatic rings. The maximum Gasteiger partial charge on any atom is 0.283 e. The summed E-state index contributed by atoms with van der Waals surface area (Å²) in [4.78, 5) is 16.3. The Morgan fingerprint density at radius 3 is 2.87 bits per heavy atom. The van der Waals surface area contributed by atoms with Crippen molar-refractivity contribution in [3.63, 3.8) is 0 Å². The van der Waals surface area contributed by atoms with Crippen molar-refractivity contribution in [3.05, 3.63) is 46.2 Å². The average Bonchev–Trinajstić information content (AvgIpc) is 2.22. The van der Waals surface area contributed by atoms with Gasteiger partial charge in [-0.05, 0) is 25.1 Å². The number of hydrogen-bond acceptors (Lipinski definition) is 3.